The Balaban J connectivity index is 2.98. The number of aliphatic carboxylic acids is 1. The van der Waals surface area contributed by atoms with Gasteiger partial charge in [0.15, 0.2) is 0 Å². The van der Waals surface area contributed by atoms with E-state index in [2.05, 4.69) is 31.9 Å². The second-order valence-corrected chi connectivity index (χ2v) is 12.8. The summed E-state index contributed by atoms with van der Waals surface area (Å²) in [6.07, 6.45) is 2.39. The van der Waals surface area contributed by atoms with E-state index in [9.17, 15) is 43.5 Å². The summed E-state index contributed by atoms with van der Waals surface area (Å²) in [6, 6.07) is -6.61. The van der Waals surface area contributed by atoms with Gasteiger partial charge >= 0.3 is 5.97 Å². The summed E-state index contributed by atoms with van der Waals surface area (Å²) in [6.45, 7) is 8.50. The van der Waals surface area contributed by atoms with E-state index in [0.29, 0.717) is 38.6 Å². The van der Waals surface area contributed by atoms with Gasteiger partial charge in [-0.3, -0.25) is 38.4 Å². The van der Waals surface area contributed by atoms with Crippen LogP contribution in [-0.2, 0) is 38.4 Å². The lowest BCUT2D eigenvalue weighted by Crippen LogP contribution is -2.61. The van der Waals surface area contributed by atoms with Gasteiger partial charge in [-0.1, -0.05) is 27.7 Å². The molecule has 0 bridgehead atoms. The molecule has 7 amide bonds. The topological polar surface area (TPSA) is 278 Å². The van der Waals surface area contributed by atoms with Gasteiger partial charge in [0.25, 0.3) is 0 Å². The summed E-state index contributed by atoms with van der Waals surface area (Å²) in [5.41, 5.74) is 5.53. The van der Waals surface area contributed by atoms with Crippen LogP contribution in [0.15, 0.2) is 0 Å². The number of aliphatic hydroxyl groups is 1. The number of nitrogens with one attached hydrogen (secondary N) is 6. The standard InChI is InChI=1S/C31H54N8O10/c1-16(2)24(29(47)36-21(15-40)26(44)33-14-23(42)43)38-30(48)25(17(3)4)37-28(46)22-11-9-13-39(22)31(49)18(5)34-27(45)20(35-19(6)41)10-7-8-12-32/h16-18,20-22,24-25,40H,7-15,32H2,1-6H3,(H,33,44)(H,34,45)(H,35,41)(H,36,47)(H,37,46)(H,38,48)(H,42,43)/t18-,20-,21-,22-,24-,25-/m0/s1. The summed E-state index contributed by atoms with van der Waals surface area (Å²) in [5.74, 6) is -6.78. The van der Waals surface area contributed by atoms with Crippen LogP contribution >= 0.6 is 0 Å². The molecule has 10 N–H and O–H groups in total. The van der Waals surface area contributed by atoms with Gasteiger partial charge < -0.3 is 52.7 Å². The molecule has 49 heavy (non-hydrogen) atoms. The number of carbonyl (C=O) groups is 8. The van der Waals surface area contributed by atoms with Gasteiger partial charge in [-0.05, 0) is 57.4 Å². The molecule has 1 aliphatic heterocycles. The van der Waals surface area contributed by atoms with Crippen LogP contribution in [-0.4, -0.2) is 125 Å². The first-order valence-electron chi connectivity index (χ1n) is 16.5. The van der Waals surface area contributed by atoms with Gasteiger partial charge in [-0.25, -0.2) is 0 Å². The number of likely N-dealkylation sites (tertiary alicyclic amines) is 1. The zero-order chi connectivity index (χ0) is 37.4. The van der Waals surface area contributed by atoms with Gasteiger partial charge in [0.2, 0.25) is 41.4 Å². The second-order valence-electron chi connectivity index (χ2n) is 12.8. The predicted octanol–water partition coefficient (Wildman–Crippen LogP) is -2.92. The molecule has 0 radical (unpaired) electrons. The van der Waals surface area contributed by atoms with Crippen LogP contribution in [0.2, 0.25) is 0 Å². The van der Waals surface area contributed by atoms with Gasteiger partial charge in [0.05, 0.1) is 6.61 Å². The number of carboxylic acid groups (broad SMARTS) is 1. The third-order valence-electron chi connectivity index (χ3n) is 7.93. The Hall–Kier alpha value is -4.32. The molecule has 1 heterocycles. The van der Waals surface area contributed by atoms with Crippen LogP contribution in [0.25, 0.3) is 0 Å². The normalized spacial score (nSPS) is 17.3. The maximum absolute atomic E-state index is 13.5. The van der Waals surface area contributed by atoms with Crippen LogP contribution in [0.3, 0.4) is 0 Å². The van der Waals surface area contributed by atoms with Gasteiger partial charge in [0, 0.05) is 13.5 Å². The van der Waals surface area contributed by atoms with Crippen LogP contribution < -0.4 is 37.6 Å². The highest BCUT2D eigenvalue weighted by molar-refractivity contribution is 5.97. The fourth-order valence-corrected chi connectivity index (χ4v) is 5.24. The van der Waals surface area contributed by atoms with Gasteiger partial charge in [-0.15, -0.1) is 0 Å². The molecule has 1 rings (SSSR count). The van der Waals surface area contributed by atoms with Crippen molar-refractivity contribution in [1.82, 2.24) is 36.8 Å². The third-order valence-corrected chi connectivity index (χ3v) is 7.93. The highest BCUT2D eigenvalue weighted by Gasteiger charge is 2.39. The number of carboxylic acids is 1. The van der Waals surface area contributed by atoms with E-state index in [-0.39, 0.29) is 6.54 Å². The molecular weight excluding hydrogens is 644 g/mol. The molecule has 1 aliphatic rings. The Bertz CT molecular complexity index is 1200. The molecule has 0 aromatic rings. The molecule has 278 valence electrons. The lowest BCUT2D eigenvalue weighted by molar-refractivity contribution is -0.142. The summed E-state index contributed by atoms with van der Waals surface area (Å²) < 4.78 is 0. The number of carbonyl (C=O) groups excluding carboxylic acids is 7. The number of amides is 7. The molecule has 0 unspecified atom stereocenters. The van der Waals surface area contributed by atoms with E-state index >= 15 is 0 Å². The molecule has 0 spiro atoms. The minimum absolute atomic E-state index is 0.239. The molecule has 1 saturated heterocycles. The molecule has 0 aromatic heterocycles. The van der Waals surface area contributed by atoms with E-state index in [4.69, 9.17) is 10.8 Å². The molecule has 18 heteroatoms. The molecule has 6 atom stereocenters. The van der Waals surface area contributed by atoms with E-state index < -0.39 is 109 Å². The van der Waals surface area contributed by atoms with Crippen molar-refractivity contribution in [3.8, 4) is 0 Å². The quantitative estimate of drug-likeness (QED) is 0.0581. The Labute approximate surface area is 286 Å². The molecule has 0 aliphatic carbocycles. The lowest BCUT2D eigenvalue weighted by atomic mass is 9.99. The largest absolute Gasteiger partial charge is 0.480 e. The Morgan fingerprint density at radius 1 is 0.776 bits per heavy atom. The smallest absolute Gasteiger partial charge is 0.322 e. The Morgan fingerprint density at radius 3 is 1.90 bits per heavy atom. The maximum Gasteiger partial charge on any atom is 0.322 e. The number of hydrogen-bond acceptors (Lipinski definition) is 10. The third kappa shape index (κ3) is 14.0. The first-order chi connectivity index (χ1) is 22.9. The summed E-state index contributed by atoms with van der Waals surface area (Å²) in [7, 11) is 0. The van der Waals surface area contributed by atoms with Crippen molar-refractivity contribution in [1.29, 1.82) is 0 Å². The minimum atomic E-state index is -1.48. The van der Waals surface area contributed by atoms with Crippen molar-refractivity contribution >= 4 is 47.3 Å². The van der Waals surface area contributed by atoms with Crippen molar-refractivity contribution in [2.75, 3.05) is 26.2 Å². The Kier molecular flexibility index (Phi) is 18.2. The maximum atomic E-state index is 13.5. The SMILES string of the molecule is CC(=O)N[C@@H](CCCCN)C(=O)N[C@@H](C)C(=O)N1CCC[C@H]1C(=O)N[C@H](C(=O)N[C@H](C(=O)N[C@@H](CO)C(=O)NCC(=O)O)C(C)C)C(C)C. The highest BCUT2D eigenvalue weighted by Crippen LogP contribution is 2.20. The molecular formula is C31H54N8O10. The second kappa shape index (κ2) is 20.9. The average molecular weight is 699 g/mol. The van der Waals surface area contributed by atoms with Crippen molar-refractivity contribution < 1.29 is 48.6 Å². The van der Waals surface area contributed by atoms with E-state index in [1.807, 2.05) is 0 Å². The predicted molar refractivity (Wildman–Crippen MR) is 176 cm³/mol. The van der Waals surface area contributed by atoms with E-state index in [0.717, 1.165) is 0 Å². The molecule has 18 nitrogen and oxygen atoms in total. The van der Waals surface area contributed by atoms with Crippen molar-refractivity contribution in [2.24, 2.45) is 17.6 Å². The molecule has 0 aromatic carbocycles. The van der Waals surface area contributed by atoms with Gasteiger partial charge in [0.1, 0.15) is 42.8 Å². The van der Waals surface area contributed by atoms with Crippen molar-refractivity contribution in [3.05, 3.63) is 0 Å². The zero-order valence-corrected chi connectivity index (χ0v) is 29.2. The number of rotatable bonds is 20. The lowest BCUT2D eigenvalue weighted by Gasteiger charge is -2.31. The number of nitrogens with zero attached hydrogens (tertiary/aromatic N) is 1. The number of hydrogen-bond donors (Lipinski definition) is 9. The number of nitrogens with two attached hydrogens (primary N) is 1. The summed E-state index contributed by atoms with van der Waals surface area (Å²) in [5, 5.41) is 33.2. The minimum Gasteiger partial charge on any atom is -0.480 e. The molecule has 1 fully saturated rings. The fourth-order valence-electron chi connectivity index (χ4n) is 5.24. The number of aliphatic hydroxyl groups excluding tert-OH is 1. The monoisotopic (exact) mass is 698 g/mol. The highest BCUT2D eigenvalue weighted by atomic mass is 16.4. The van der Waals surface area contributed by atoms with E-state index in [1.165, 1.54) is 18.7 Å². The van der Waals surface area contributed by atoms with Crippen molar-refractivity contribution in [3.63, 3.8) is 0 Å². The van der Waals surface area contributed by atoms with Crippen molar-refractivity contribution in [2.45, 2.75) is 110 Å². The first kappa shape index (κ1) is 42.7. The summed E-state index contributed by atoms with van der Waals surface area (Å²) >= 11 is 0. The first-order valence-corrected chi connectivity index (χ1v) is 16.5. The summed E-state index contributed by atoms with van der Waals surface area (Å²) in [4.78, 5) is 102. The molecule has 0 saturated carbocycles. The zero-order valence-electron chi connectivity index (χ0n) is 29.2. The van der Waals surface area contributed by atoms with Crippen LogP contribution in [0.5, 0.6) is 0 Å². The van der Waals surface area contributed by atoms with Gasteiger partial charge in [-0.2, -0.15) is 0 Å². The fraction of sp³-hybridized carbons (Fsp3) is 0.742. The van der Waals surface area contributed by atoms with Crippen LogP contribution in [0.4, 0.5) is 0 Å². The van der Waals surface area contributed by atoms with E-state index in [1.54, 1.807) is 27.7 Å². The average Bonchev–Trinajstić information content (AvgIpc) is 3.52. The number of unbranched alkanes of at least 4 members (excludes halogenated alkanes) is 1. The Morgan fingerprint density at radius 2 is 1.37 bits per heavy atom. The van der Waals surface area contributed by atoms with Crippen LogP contribution in [0, 0.1) is 11.8 Å². The van der Waals surface area contributed by atoms with Crippen LogP contribution in [0.1, 0.15) is 73.6 Å².